The Balaban J connectivity index is 1.92. The first-order chi connectivity index (χ1) is 12.8. The highest BCUT2D eigenvalue weighted by Crippen LogP contribution is 2.22. The summed E-state index contributed by atoms with van der Waals surface area (Å²) in [6, 6.07) is 14.0. The van der Waals surface area contributed by atoms with Crippen LogP contribution < -0.4 is 10.1 Å². The molecule has 2 rings (SSSR count). The molecule has 0 radical (unpaired) electrons. The molecule has 27 heavy (non-hydrogen) atoms. The van der Waals surface area contributed by atoms with Gasteiger partial charge in [-0.2, -0.15) is 0 Å². The largest absolute Gasteiger partial charge is 0.484 e. The fourth-order valence-corrected chi connectivity index (χ4v) is 2.39. The topological polar surface area (TPSA) is 61.9 Å². The van der Waals surface area contributed by atoms with Crippen LogP contribution in [0.3, 0.4) is 0 Å². The zero-order valence-corrected chi connectivity index (χ0v) is 16.7. The number of anilines is 1. The van der Waals surface area contributed by atoms with Crippen LogP contribution in [0, 0.1) is 0 Å². The number of hydrogen-bond donors (Lipinski definition) is 1. The third kappa shape index (κ3) is 5.89. The van der Waals surface area contributed by atoms with Gasteiger partial charge in [-0.1, -0.05) is 23.7 Å². The van der Waals surface area contributed by atoms with Crippen molar-refractivity contribution >= 4 is 29.2 Å². The highest BCUT2D eigenvalue weighted by Gasteiger charge is 2.17. The second-order valence-corrected chi connectivity index (χ2v) is 6.81. The second-order valence-electron chi connectivity index (χ2n) is 6.37. The normalized spacial score (nSPS) is 11.4. The van der Waals surface area contributed by atoms with E-state index in [0.717, 1.165) is 5.56 Å². The molecule has 0 aromatic heterocycles. The maximum absolute atomic E-state index is 12.5. The van der Waals surface area contributed by atoms with Gasteiger partial charge in [-0.05, 0) is 48.9 Å². The summed E-state index contributed by atoms with van der Waals surface area (Å²) in [5, 5.41) is 3.50. The first-order valence-corrected chi connectivity index (χ1v) is 8.88. The van der Waals surface area contributed by atoms with Gasteiger partial charge in [0.25, 0.3) is 5.91 Å². The summed E-state index contributed by atoms with van der Waals surface area (Å²) in [5.41, 5.74) is 1.63. The molecule has 0 saturated heterocycles. The fourth-order valence-electron chi connectivity index (χ4n) is 2.26. The van der Waals surface area contributed by atoms with Crippen LogP contribution in [-0.2, 0) is 4.79 Å². The average Bonchev–Trinajstić information content (AvgIpc) is 2.66. The molecule has 0 aliphatic carbocycles. The third-order valence-electron chi connectivity index (χ3n) is 4.22. The highest BCUT2D eigenvalue weighted by atomic mass is 35.5. The van der Waals surface area contributed by atoms with Crippen molar-refractivity contribution in [2.24, 2.45) is 0 Å². The lowest BCUT2D eigenvalue weighted by Crippen LogP contribution is -2.33. The lowest BCUT2D eigenvalue weighted by Gasteiger charge is -2.25. The van der Waals surface area contributed by atoms with Crippen molar-refractivity contribution in [1.29, 1.82) is 0 Å². The van der Waals surface area contributed by atoms with E-state index in [4.69, 9.17) is 16.3 Å². The van der Waals surface area contributed by atoms with Gasteiger partial charge in [0.1, 0.15) is 5.75 Å². The lowest BCUT2D eigenvalue weighted by atomic mass is 10.1. The van der Waals surface area contributed by atoms with Crippen LogP contribution >= 0.6 is 11.6 Å². The Morgan fingerprint density at radius 3 is 2.19 bits per heavy atom. The number of benzene rings is 2. The number of rotatable bonds is 6. The molecule has 0 fully saturated rings. The Bertz CT molecular complexity index is 776. The van der Waals surface area contributed by atoms with Crippen molar-refractivity contribution in [3.8, 4) is 5.75 Å². The SMILES string of the molecule is C[C@@H](c1ccc(Cl)cc1)N(C)C(=O)Nc1ccc(OCC(=O)N(C)C)cc1. The first-order valence-electron chi connectivity index (χ1n) is 8.50. The molecule has 2 aromatic rings. The predicted molar refractivity (Wildman–Crippen MR) is 107 cm³/mol. The molecule has 0 heterocycles. The Morgan fingerprint density at radius 2 is 1.63 bits per heavy atom. The lowest BCUT2D eigenvalue weighted by molar-refractivity contribution is -0.130. The summed E-state index contributed by atoms with van der Waals surface area (Å²) in [5.74, 6) is 0.441. The van der Waals surface area contributed by atoms with E-state index in [1.807, 2.05) is 19.1 Å². The van der Waals surface area contributed by atoms with Gasteiger partial charge < -0.3 is 19.9 Å². The zero-order valence-electron chi connectivity index (χ0n) is 15.9. The van der Waals surface area contributed by atoms with Crippen LogP contribution in [0.5, 0.6) is 5.75 Å². The molecule has 3 amide bonds. The van der Waals surface area contributed by atoms with E-state index in [1.165, 1.54) is 4.90 Å². The van der Waals surface area contributed by atoms with Gasteiger partial charge in [-0.25, -0.2) is 4.79 Å². The molecule has 144 valence electrons. The number of halogens is 1. The minimum absolute atomic E-state index is 0.0277. The number of nitrogens with one attached hydrogen (secondary N) is 1. The molecule has 0 saturated carbocycles. The Morgan fingerprint density at radius 1 is 1.04 bits per heavy atom. The Kier molecular flexibility index (Phi) is 7.07. The molecule has 6 nitrogen and oxygen atoms in total. The molecular formula is C20H24ClN3O3. The van der Waals surface area contributed by atoms with Gasteiger partial charge in [0.15, 0.2) is 6.61 Å². The maximum Gasteiger partial charge on any atom is 0.322 e. The second kappa shape index (κ2) is 9.28. The molecule has 0 bridgehead atoms. The van der Waals surface area contributed by atoms with Gasteiger partial charge in [0.2, 0.25) is 0 Å². The number of likely N-dealkylation sites (N-methyl/N-ethyl adjacent to an activating group) is 1. The van der Waals surface area contributed by atoms with Crippen LogP contribution in [0.15, 0.2) is 48.5 Å². The molecule has 0 spiro atoms. The van der Waals surface area contributed by atoms with Crippen LogP contribution in [0.1, 0.15) is 18.5 Å². The fraction of sp³-hybridized carbons (Fsp3) is 0.300. The van der Waals surface area contributed by atoms with E-state index in [-0.39, 0.29) is 24.6 Å². The quantitative estimate of drug-likeness (QED) is 0.811. The summed E-state index contributed by atoms with van der Waals surface area (Å²) < 4.78 is 5.42. The van der Waals surface area contributed by atoms with Gasteiger partial charge in [0, 0.05) is 31.9 Å². The number of carbonyl (C=O) groups excluding carboxylic acids is 2. The molecular weight excluding hydrogens is 366 g/mol. The first kappa shape index (κ1) is 20.6. The smallest absolute Gasteiger partial charge is 0.322 e. The van der Waals surface area contributed by atoms with E-state index in [0.29, 0.717) is 16.5 Å². The van der Waals surface area contributed by atoms with E-state index >= 15 is 0 Å². The summed E-state index contributed by atoms with van der Waals surface area (Å²) in [7, 11) is 5.08. The molecule has 0 unspecified atom stereocenters. The Hall–Kier alpha value is -2.73. The summed E-state index contributed by atoms with van der Waals surface area (Å²) >= 11 is 5.91. The van der Waals surface area contributed by atoms with E-state index in [1.54, 1.807) is 62.4 Å². The van der Waals surface area contributed by atoms with Gasteiger partial charge >= 0.3 is 6.03 Å². The van der Waals surface area contributed by atoms with Crippen LogP contribution in [0.4, 0.5) is 10.5 Å². The van der Waals surface area contributed by atoms with Gasteiger partial charge in [0.05, 0.1) is 6.04 Å². The number of nitrogens with zero attached hydrogens (tertiary/aromatic N) is 2. The Labute approximate surface area is 164 Å². The molecule has 7 heteroatoms. The number of carbonyl (C=O) groups is 2. The summed E-state index contributed by atoms with van der Waals surface area (Å²) in [4.78, 5) is 27.1. The summed E-state index contributed by atoms with van der Waals surface area (Å²) in [6.07, 6.45) is 0. The molecule has 0 aliphatic rings. The maximum atomic E-state index is 12.5. The average molecular weight is 390 g/mol. The molecule has 1 N–H and O–H groups in total. The van der Waals surface area contributed by atoms with Crippen molar-refractivity contribution in [3.63, 3.8) is 0 Å². The standard InChI is InChI=1S/C20H24ClN3O3/c1-14(15-5-7-16(21)8-6-15)24(4)20(26)22-17-9-11-18(12-10-17)27-13-19(25)23(2)3/h5-12,14H,13H2,1-4H3,(H,22,26)/t14-/m0/s1. The number of hydrogen-bond acceptors (Lipinski definition) is 3. The van der Waals surface area contributed by atoms with Crippen molar-refractivity contribution in [2.45, 2.75) is 13.0 Å². The molecule has 1 atom stereocenters. The minimum atomic E-state index is -0.228. The molecule has 2 aromatic carbocycles. The highest BCUT2D eigenvalue weighted by molar-refractivity contribution is 6.30. The summed E-state index contributed by atoms with van der Waals surface area (Å²) in [6.45, 7) is 1.92. The number of amides is 3. The zero-order chi connectivity index (χ0) is 20.0. The van der Waals surface area contributed by atoms with Crippen molar-refractivity contribution in [1.82, 2.24) is 9.80 Å². The van der Waals surface area contributed by atoms with E-state index in [2.05, 4.69) is 5.32 Å². The van der Waals surface area contributed by atoms with Crippen molar-refractivity contribution in [2.75, 3.05) is 33.1 Å². The minimum Gasteiger partial charge on any atom is -0.484 e. The number of ether oxygens (including phenoxy) is 1. The van der Waals surface area contributed by atoms with Gasteiger partial charge in [-0.3, -0.25) is 4.79 Å². The van der Waals surface area contributed by atoms with Gasteiger partial charge in [-0.15, -0.1) is 0 Å². The van der Waals surface area contributed by atoms with Crippen molar-refractivity contribution in [3.05, 3.63) is 59.1 Å². The van der Waals surface area contributed by atoms with Crippen LogP contribution in [0.2, 0.25) is 5.02 Å². The van der Waals surface area contributed by atoms with E-state index < -0.39 is 0 Å². The van der Waals surface area contributed by atoms with Crippen molar-refractivity contribution < 1.29 is 14.3 Å². The molecule has 0 aliphatic heterocycles. The van der Waals surface area contributed by atoms with Crippen LogP contribution in [-0.4, -0.2) is 49.5 Å². The predicted octanol–water partition coefficient (Wildman–Crippen LogP) is 4.03. The number of urea groups is 1. The third-order valence-corrected chi connectivity index (χ3v) is 4.47. The van der Waals surface area contributed by atoms with E-state index in [9.17, 15) is 9.59 Å². The monoisotopic (exact) mass is 389 g/mol. The van der Waals surface area contributed by atoms with Crippen LogP contribution in [0.25, 0.3) is 0 Å².